The number of hydrogen-bond acceptors (Lipinski definition) is 4. The normalized spacial score (nSPS) is 10.5. The van der Waals surface area contributed by atoms with Crippen LogP contribution in [0.1, 0.15) is 15.9 Å². The fourth-order valence-corrected chi connectivity index (χ4v) is 2.29. The maximum atomic E-state index is 12.2. The molecule has 0 radical (unpaired) electrons. The van der Waals surface area contributed by atoms with E-state index in [0.29, 0.717) is 34.4 Å². The molecular formula is C20H19ClO4. The van der Waals surface area contributed by atoms with Crippen LogP contribution in [0.25, 0.3) is 6.08 Å². The van der Waals surface area contributed by atoms with E-state index in [4.69, 9.17) is 25.8 Å². The van der Waals surface area contributed by atoms with Crippen LogP contribution in [-0.4, -0.2) is 26.6 Å². The van der Waals surface area contributed by atoms with Gasteiger partial charge in [0.05, 0.1) is 14.2 Å². The quantitative estimate of drug-likeness (QED) is 0.385. The maximum absolute atomic E-state index is 12.2. The number of carbonyl (C=O) groups excluding carboxylic acids is 1. The van der Waals surface area contributed by atoms with Crippen molar-refractivity contribution in [1.29, 1.82) is 0 Å². The molecule has 0 bridgehead atoms. The Bertz CT molecular complexity index is 754. The number of ether oxygens (including phenoxy) is 3. The minimum atomic E-state index is -0.124. The summed E-state index contributed by atoms with van der Waals surface area (Å²) in [5, 5.41) is 0.588. The van der Waals surface area contributed by atoms with Gasteiger partial charge in [-0.15, -0.1) is 0 Å². The van der Waals surface area contributed by atoms with Crippen molar-refractivity contribution < 1.29 is 19.0 Å². The van der Waals surface area contributed by atoms with E-state index >= 15 is 0 Å². The molecule has 0 heterocycles. The van der Waals surface area contributed by atoms with Crippen LogP contribution in [0.4, 0.5) is 0 Å². The van der Waals surface area contributed by atoms with Crippen molar-refractivity contribution in [3.05, 3.63) is 71.3 Å². The van der Waals surface area contributed by atoms with Gasteiger partial charge in [0.1, 0.15) is 6.61 Å². The predicted molar refractivity (Wildman–Crippen MR) is 100 cm³/mol. The Hall–Kier alpha value is -2.72. The van der Waals surface area contributed by atoms with Crippen molar-refractivity contribution in [2.24, 2.45) is 0 Å². The number of hydrogen-bond donors (Lipinski definition) is 0. The van der Waals surface area contributed by atoms with E-state index < -0.39 is 0 Å². The van der Waals surface area contributed by atoms with E-state index in [1.165, 1.54) is 6.08 Å². The second-order valence-corrected chi connectivity index (χ2v) is 5.50. The third-order valence-electron chi connectivity index (χ3n) is 3.38. The molecule has 0 aliphatic carbocycles. The van der Waals surface area contributed by atoms with Crippen molar-refractivity contribution in [2.45, 2.75) is 0 Å². The monoisotopic (exact) mass is 358 g/mol. The highest BCUT2D eigenvalue weighted by Gasteiger charge is 2.13. The zero-order valence-corrected chi connectivity index (χ0v) is 14.9. The summed E-state index contributed by atoms with van der Waals surface area (Å²) in [6, 6.07) is 10.3. The average Bonchev–Trinajstić information content (AvgIpc) is 2.64. The Morgan fingerprint density at radius 3 is 2.24 bits per heavy atom. The van der Waals surface area contributed by atoms with Gasteiger partial charge in [-0.05, 0) is 48.0 Å². The standard InChI is InChI=1S/C20H19ClO4/c1-4-11-25-20-18(23-2)12-14(13-19(20)24-3)5-10-17(22)15-6-8-16(21)9-7-15/h4-10,12-13H,1,11H2,2-3H3/b10-5+. The van der Waals surface area contributed by atoms with Crippen molar-refractivity contribution in [2.75, 3.05) is 20.8 Å². The number of ketones is 1. The summed E-state index contributed by atoms with van der Waals surface area (Å²) in [7, 11) is 3.09. The third kappa shape index (κ3) is 4.88. The number of allylic oxidation sites excluding steroid dienone is 1. The Morgan fingerprint density at radius 1 is 1.12 bits per heavy atom. The van der Waals surface area contributed by atoms with Gasteiger partial charge in [0.15, 0.2) is 17.3 Å². The molecule has 2 aromatic rings. The predicted octanol–water partition coefficient (Wildman–Crippen LogP) is 4.82. The molecule has 2 rings (SSSR count). The van der Waals surface area contributed by atoms with Crippen LogP contribution in [0.3, 0.4) is 0 Å². The lowest BCUT2D eigenvalue weighted by molar-refractivity contribution is 0.104. The summed E-state index contributed by atoms with van der Waals surface area (Å²) in [6.45, 7) is 3.95. The molecule has 0 saturated heterocycles. The summed E-state index contributed by atoms with van der Waals surface area (Å²) in [4.78, 5) is 12.2. The first-order valence-electron chi connectivity index (χ1n) is 7.56. The van der Waals surface area contributed by atoms with Crippen LogP contribution >= 0.6 is 11.6 Å². The largest absolute Gasteiger partial charge is 0.493 e. The van der Waals surface area contributed by atoms with Crippen molar-refractivity contribution >= 4 is 23.5 Å². The molecule has 25 heavy (non-hydrogen) atoms. The van der Waals surface area contributed by atoms with Crippen LogP contribution in [0.2, 0.25) is 5.02 Å². The highest BCUT2D eigenvalue weighted by molar-refractivity contribution is 6.30. The first kappa shape index (κ1) is 18.6. The van der Waals surface area contributed by atoms with Crippen LogP contribution in [0.5, 0.6) is 17.2 Å². The van der Waals surface area contributed by atoms with E-state index in [2.05, 4.69) is 6.58 Å². The van der Waals surface area contributed by atoms with E-state index in [1.807, 2.05) is 0 Å². The molecule has 4 nitrogen and oxygen atoms in total. The molecule has 0 fully saturated rings. The average molecular weight is 359 g/mol. The van der Waals surface area contributed by atoms with Crippen molar-refractivity contribution in [3.8, 4) is 17.2 Å². The molecule has 0 atom stereocenters. The van der Waals surface area contributed by atoms with Gasteiger partial charge >= 0.3 is 0 Å². The van der Waals surface area contributed by atoms with Gasteiger partial charge in [-0.2, -0.15) is 0 Å². The molecule has 2 aromatic carbocycles. The van der Waals surface area contributed by atoms with Gasteiger partial charge < -0.3 is 14.2 Å². The molecule has 0 aliphatic heterocycles. The Balaban J connectivity index is 2.27. The minimum Gasteiger partial charge on any atom is -0.493 e. The van der Waals surface area contributed by atoms with Crippen LogP contribution in [0.15, 0.2) is 55.1 Å². The molecule has 0 spiro atoms. The molecule has 0 saturated carbocycles. The Morgan fingerprint density at radius 2 is 1.72 bits per heavy atom. The number of halogens is 1. The number of rotatable bonds is 8. The van der Waals surface area contributed by atoms with Gasteiger partial charge in [0, 0.05) is 10.6 Å². The van der Waals surface area contributed by atoms with Crippen molar-refractivity contribution in [3.63, 3.8) is 0 Å². The van der Waals surface area contributed by atoms with Crippen LogP contribution in [-0.2, 0) is 0 Å². The molecule has 0 aromatic heterocycles. The molecule has 0 N–H and O–H groups in total. The molecule has 0 aliphatic rings. The lowest BCUT2D eigenvalue weighted by atomic mass is 10.1. The molecule has 130 valence electrons. The minimum absolute atomic E-state index is 0.124. The van der Waals surface area contributed by atoms with Gasteiger partial charge in [-0.25, -0.2) is 0 Å². The lowest BCUT2D eigenvalue weighted by Gasteiger charge is -2.14. The zero-order valence-electron chi connectivity index (χ0n) is 14.1. The summed E-state index contributed by atoms with van der Waals surface area (Å²) in [5.74, 6) is 1.40. The van der Waals surface area contributed by atoms with Crippen molar-refractivity contribution in [1.82, 2.24) is 0 Å². The van der Waals surface area contributed by atoms with Crippen LogP contribution < -0.4 is 14.2 Å². The van der Waals surface area contributed by atoms with E-state index in [1.54, 1.807) is 62.8 Å². The number of benzene rings is 2. The summed E-state index contributed by atoms with van der Waals surface area (Å²) < 4.78 is 16.3. The first-order valence-corrected chi connectivity index (χ1v) is 7.94. The Kier molecular flexibility index (Phi) is 6.66. The summed E-state index contributed by atoms with van der Waals surface area (Å²) in [5.41, 5.74) is 1.31. The molecule has 0 amide bonds. The SMILES string of the molecule is C=CCOc1c(OC)cc(/C=C/C(=O)c2ccc(Cl)cc2)cc1OC. The third-order valence-corrected chi connectivity index (χ3v) is 3.64. The van der Waals surface area contributed by atoms with E-state index in [0.717, 1.165) is 5.56 Å². The van der Waals surface area contributed by atoms with Crippen LogP contribution in [0, 0.1) is 0 Å². The zero-order chi connectivity index (χ0) is 18.2. The first-order chi connectivity index (χ1) is 12.1. The summed E-state index contributed by atoms with van der Waals surface area (Å²) in [6.07, 6.45) is 4.82. The summed E-state index contributed by atoms with van der Waals surface area (Å²) >= 11 is 5.83. The second kappa shape index (κ2) is 8.94. The topological polar surface area (TPSA) is 44.8 Å². The molecule has 0 unspecified atom stereocenters. The Labute approximate surface area is 152 Å². The fourth-order valence-electron chi connectivity index (χ4n) is 2.16. The fraction of sp³-hybridized carbons (Fsp3) is 0.150. The smallest absolute Gasteiger partial charge is 0.203 e. The van der Waals surface area contributed by atoms with Gasteiger partial charge in [-0.1, -0.05) is 30.3 Å². The number of methoxy groups -OCH3 is 2. The van der Waals surface area contributed by atoms with E-state index in [9.17, 15) is 4.79 Å². The molecular weight excluding hydrogens is 340 g/mol. The molecule has 5 heteroatoms. The van der Waals surface area contributed by atoms with Gasteiger partial charge in [-0.3, -0.25) is 4.79 Å². The van der Waals surface area contributed by atoms with Gasteiger partial charge in [0.25, 0.3) is 0 Å². The van der Waals surface area contributed by atoms with Gasteiger partial charge in [0.2, 0.25) is 5.75 Å². The highest BCUT2D eigenvalue weighted by atomic mass is 35.5. The highest BCUT2D eigenvalue weighted by Crippen LogP contribution is 2.39. The second-order valence-electron chi connectivity index (χ2n) is 5.06. The van der Waals surface area contributed by atoms with E-state index in [-0.39, 0.29) is 5.78 Å². The number of carbonyl (C=O) groups is 1. The lowest BCUT2D eigenvalue weighted by Crippen LogP contribution is -2.00. The maximum Gasteiger partial charge on any atom is 0.203 e.